The molecule has 0 heterocycles. The van der Waals surface area contributed by atoms with Gasteiger partial charge in [-0.05, 0) is 18.2 Å². The van der Waals surface area contributed by atoms with Gasteiger partial charge in [-0.2, -0.15) is 0 Å². The first-order valence-electron chi connectivity index (χ1n) is 3.29. The van der Waals surface area contributed by atoms with Crippen molar-refractivity contribution in [3.8, 4) is 11.8 Å². The van der Waals surface area contributed by atoms with E-state index in [-0.39, 0.29) is 10.6 Å². The summed E-state index contributed by atoms with van der Waals surface area (Å²) in [7, 11) is 0. The van der Waals surface area contributed by atoms with Crippen molar-refractivity contribution in [2.75, 3.05) is 0 Å². The van der Waals surface area contributed by atoms with Gasteiger partial charge in [-0.1, -0.05) is 17.5 Å². The molecule has 0 aromatic heterocycles. The molecular weight excluding hydrogens is 195 g/mol. The van der Waals surface area contributed by atoms with E-state index in [1.165, 1.54) is 12.1 Å². The third-order valence-electron chi connectivity index (χ3n) is 1.24. The lowest BCUT2D eigenvalue weighted by atomic mass is 10.2. The van der Waals surface area contributed by atoms with Crippen molar-refractivity contribution in [2.45, 2.75) is 0 Å². The van der Waals surface area contributed by atoms with Gasteiger partial charge in [-0.15, -0.1) is 0 Å². The maximum absolute atomic E-state index is 12.9. The maximum atomic E-state index is 12.9. The summed E-state index contributed by atoms with van der Waals surface area (Å²) in [5.41, 5.74) is 0.0202. The standard InChI is InChI=1S/C9H4ClFO2/c10-7-3-1-6(8(11)5-7)2-4-9(12)13/h1,3,5H,(H,12,13). The van der Waals surface area contributed by atoms with Gasteiger partial charge in [-0.3, -0.25) is 0 Å². The summed E-state index contributed by atoms with van der Waals surface area (Å²) in [5.74, 6) is 2.04. The van der Waals surface area contributed by atoms with Crippen molar-refractivity contribution < 1.29 is 14.3 Å². The van der Waals surface area contributed by atoms with Crippen molar-refractivity contribution >= 4 is 17.6 Å². The molecule has 0 atom stereocenters. The van der Waals surface area contributed by atoms with Crippen LogP contribution in [0.2, 0.25) is 5.02 Å². The van der Waals surface area contributed by atoms with E-state index in [0.29, 0.717) is 0 Å². The first kappa shape index (κ1) is 9.56. The minimum absolute atomic E-state index is 0.0202. The van der Waals surface area contributed by atoms with Gasteiger partial charge < -0.3 is 5.11 Å². The molecule has 1 aromatic rings. The first-order valence-corrected chi connectivity index (χ1v) is 3.67. The Balaban J connectivity index is 3.05. The van der Waals surface area contributed by atoms with Crippen molar-refractivity contribution in [1.82, 2.24) is 0 Å². The monoisotopic (exact) mass is 198 g/mol. The fourth-order valence-electron chi connectivity index (χ4n) is 0.712. The van der Waals surface area contributed by atoms with E-state index in [4.69, 9.17) is 16.7 Å². The van der Waals surface area contributed by atoms with E-state index >= 15 is 0 Å². The summed E-state index contributed by atoms with van der Waals surface area (Å²) in [4.78, 5) is 10.0. The molecular formula is C9H4ClFO2. The second-order valence-corrected chi connectivity index (χ2v) is 2.62. The van der Waals surface area contributed by atoms with Crippen LogP contribution in [0.4, 0.5) is 4.39 Å². The smallest absolute Gasteiger partial charge is 0.382 e. The number of aliphatic carboxylic acids is 1. The number of benzene rings is 1. The van der Waals surface area contributed by atoms with Crippen LogP contribution in [-0.4, -0.2) is 11.1 Å². The number of hydrogen-bond acceptors (Lipinski definition) is 1. The number of rotatable bonds is 0. The van der Waals surface area contributed by atoms with Gasteiger partial charge >= 0.3 is 5.97 Å². The van der Waals surface area contributed by atoms with Gasteiger partial charge in [0.2, 0.25) is 0 Å². The van der Waals surface area contributed by atoms with Gasteiger partial charge in [0.1, 0.15) is 5.82 Å². The predicted molar refractivity (Wildman–Crippen MR) is 45.9 cm³/mol. The molecule has 0 saturated carbocycles. The lowest BCUT2D eigenvalue weighted by molar-refractivity contribution is -0.130. The lowest BCUT2D eigenvalue weighted by Crippen LogP contribution is -1.88. The average Bonchev–Trinajstić information content (AvgIpc) is 2.02. The largest absolute Gasteiger partial charge is 0.472 e. The Labute approximate surface area is 79.0 Å². The topological polar surface area (TPSA) is 37.3 Å². The molecule has 1 aromatic carbocycles. The van der Waals surface area contributed by atoms with Crippen molar-refractivity contribution in [3.63, 3.8) is 0 Å². The summed E-state index contributed by atoms with van der Waals surface area (Å²) in [6.07, 6.45) is 0. The quantitative estimate of drug-likeness (QED) is 0.647. The molecule has 2 nitrogen and oxygen atoms in total. The normalized spacial score (nSPS) is 8.77. The van der Waals surface area contributed by atoms with E-state index in [0.717, 1.165) is 6.07 Å². The number of halogens is 2. The molecule has 0 aliphatic carbocycles. The van der Waals surface area contributed by atoms with Crippen LogP contribution < -0.4 is 0 Å². The highest BCUT2D eigenvalue weighted by Gasteiger charge is 1.99. The van der Waals surface area contributed by atoms with Crippen LogP contribution in [0.25, 0.3) is 0 Å². The van der Waals surface area contributed by atoms with Gasteiger partial charge in [0.05, 0.1) is 5.56 Å². The van der Waals surface area contributed by atoms with Gasteiger partial charge in [-0.25, -0.2) is 9.18 Å². The highest BCUT2D eigenvalue weighted by Crippen LogP contribution is 2.13. The van der Waals surface area contributed by atoms with Crippen molar-refractivity contribution in [1.29, 1.82) is 0 Å². The highest BCUT2D eigenvalue weighted by molar-refractivity contribution is 6.30. The zero-order chi connectivity index (χ0) is 9.84. The van der Waals surface area contributed by atoms with Crippen LogP contribution in [0.1, 0.15) is 5.56 Å². The van der Waals surface area contributed by atoms with Crippen LogP contribution in [0, 0.1) is 17.7 Å². The number of carbonyl (C=O) groups is 1. The molecule has 13 heavy (non-hydrogen) atoms. The van der Waals surface area contributed by atoms with E-state index < -0.39 is 11.8 Å². The maximum Gasteiger partial charge on any atom is 0.382 e. The number of hydrogen-bond donors (Lipinski definition) is 1. The van der Waals surface area contributed by atoms with Crippen LogP contribution in [0.3, 0.4) is 0 Å². The van der Waals surface area contributed by atoms with E-state index in [9.17, 15) is 9.18 Å². The minimum Gasteiger partial charge on any atom is -0.472 e. The molecule has 0 aliphatic rings. The Bertz CT molecular complexity index is 404. The number of carboxylic acids is 1. The molecule has 66 valence electrons. The summed E-state index contributed by atoms with van der Waals surface area (Å²) >= 11 is 5.48. The molecule has 0 unspecified atom stereocenters. The second-order valence-electron chi connectivity index (χ2n) is 2.18. The lowest BCUT2D eigenvalue weighted by Gasteiger charge is -1.93. The molecule has 0 bridgehead atoms. The molecule has 4 heteroatoms. The summed E-state index contributed by atoms with van der Waals surface area (Å²) in [6, 6.07) is 3.84. The third kappa shape index (κ3) is 2.77. The Morgan fingerprint density at radius 1 is 1.54 bits per heavy atom. The van der Waals surface area contributed by atoms with E-state index in [1.54, 1.807) is 5.92 Å². The molecule has 0 spiro atoms. The van der Waals surface area contributed by atoms with Crippen molar-refractivity contribution in [2.24, 2.45) is 0 Å². The Kier molecular flexibility index (Phi) is 2.88. The average molecular weight is 199 g/mol. The van der Waals surface area contributed by atoms with E-state index in [2.05, 4.69) is 5.92 Å². The summed E-state index contributed by atoms with van der Waals surface area (Å²) in [6.45, 7) is 0. The molecule has 0 saturated heterocycles. The van der Waals surface area contributed by atoms with Gasteiger partial charge in [0.15, 0.2) is 0 Å². The van der Waals surface area contributed by atoms with Crippen molar-refractivity contribution in [3.05, 3.63) is 34.6 Å². The van der Waals surface area contributed by atoms with Gasteiger partial charge in [0.25, 0.3) is 0 Å². The van der Waals surface area contributed by atoms with Crippen LogP contribution in [0.15, 0.2) is 18.2 Å². The fourth-order valence-corrected chi connectivity index (χ4v) is 0.870. The Hall–Kier alpha value is -1.53. The van der Waals surface area contributed by atoms with Crippen LogP contribution in [-0.2, 0) is 4.79 Å². The van der Waals surface area contributed by atoms with Crippen LogP contribution >= 0.6 is 11.6 Å². The minimum atomic E-state index is -1.30. The molecule has 0 fully saturated rings. The first-order chi connectivity index (χ1) is 6.09. The second kappa shape index (κ2) is 3.92. The third-order valence-corrected chi connectivity index (χ3v) is 1.47. The molecule has 1 rings (SSSR count). The van der Waals surface area contributed by atoms with E-state index in [1.807, 2.05) is 0 Å². The molecule has 1 N–H and O–H groups in total. The highest BCUT2D eigenvalue weighted by atomic mass is 35.5. The zero-order valence-corrected chi connectivity index (χ0v) is 7.10. The molecule has 0 aliphatic heterocycles. The summed E-state index contributed by atoms with van der Waals surface area (Å²) in [5, 5.41) is 8.45. The summed E-state index contributed by atoms with van der Waals surface area (Å²) < 4.78 is 12.9. The fraction of sp³-hybridized carbons (Fsp3) is 0. The van der Waals surface area contributed by atoms with Crippen LogP contribution in [0.5, 0.6) is 0 Å². The Morgan fingerprint density at radius 3 is 2.77 bits per heavy atom. The SMILES string of the molecule is O=C(O)C#Cc1ccc(Cl)cc1F. The molecule has 0 radical (unpaired) electrons. The predicted octanol–water partition coefficient (Wildman–Crippen LogP) is 1.92. The van der Waals surface area contributed by atoms with Gasteiger partial charge in [0, 0.05) is 10.9 Å². The Morgan fingerprint density at radius 2 is 2.23 bits per heavy atom. The zero-order valence-electron chi connectivity index (χ0n) is 6.34. The molecule has 0 amide bonds. The number of carboxylic acid groups (broad SMARTS) is 1.